The lowest BCUT2D eigenvalue weighted by molar-refractivity contribution is -0.132. The van der Waals surface area contributed by atoms with Crippen LogP contribution in [0.2, 0.25) is 0 Å². The van der Waals surface area contributed by atoms with Crippen LogP contribution in [0.15, 0.2) is 22.8 Å². The standard InChI is InChI=1S/C13H22O2/c1-5-6-7-8-9-10(2)11(3)12(4)13(14)15/h9H,5-8H2,1-4H3,(H,14,15)/b10-9+,12-11+. The van der Waals surface area contributed by atoms with E-state index in [2.05, 4.69) is 13.0 Å². The molecule has 0 radical (unpaired) electrons. The Kier molecular flexibility index (Phi) is 6.76. The molecule has 0 heterocycles. The molecule has 1 N–H and O–H groups in total. The molecule has 0 aromatic heterocycles. The summed E-state index contributed by atoms with van der Waals surface area (Å²) in [5.74, 6) is -0.825. The van der Waals surface area contributed by atoms with Crippen LogP contribution < -0.4 is 0 Å². The zero-order valence-electron chi connectivity index (χ0n) is 10.3. The van der Waals surface area contributed by atoms with Gasteiger partial charge in [-0.05, 0) is 39.2 Å². The maximum Gasteiger partial charge on any atom is 0.331 e. The maximum atomic E-state index is 10.7. The molecule has 0 unspecified atom stereocenters. The van der Waals surface area contributed by atoms with Gasteiger partial charge in [0.25, 0.3) is 0 Å². The van der Waals surface area contributed by atoms with Crippen molar-refractivity contribution in [3.8, 4) is 0 Å². The number of hydrogen-bond acceptors (Lipinski definition) is 1. The fourth-order valence-electron chi connectivity index (χ4n) is 1.32. The van der Waals surface area contributed by atoms with E-state index in [-0.39, 0.29) is 0 Å². The summed E-state index contributed by atoms with van der Waals surface area (Å²) >= 11 is 0. The molecule has 0 aliphatic heterocycles. The highest BCUT2D eigenvalue weighted by Crippen LogP contribution is 2.15. The van der Waals surface area contributed by atoms with Crippen molar-refractivity contribution in [3.05, 3.63) is 22.8 Å². The highest BCUT2D eigenvalue weighted by Gasteiger charge is 2.05. The highest BCUT2D eigenvalue weighted by atomic mass is 16.4. The molecule has 0 saturated heterocycles. The molecule has 0 saturated carbocycles. The molecule has 86 valence electrons. The van der Waals surface area contributed by atoms with Crippen LogP contribution in [0.4, 0.5) is 0 Å². The normalized spacial score (nSPS) is 13.7. The average molecular weight is 210 g/mol. The summed E-state index contributed by atoms with van der Waals surface area (Å²) in [6.45, 7) is 7.68. The Morgan fingerprint density at radius 1 is 1.13 bits per heavy atom. The van der Waals surface area contributed by atoms with Gasteiger partial charge in [-0.2, -0.15) is 0 Å². The van der Waals surface area contributed by atoms with Crippen LogP contribution in [-0.2, 0) is 4.79 Å². The Morgan fingerprint density at radius 3 is 2.20 bits per heavy atom. The lowest BCUT2D eigenvalue weighted by Gasteiger charge is -2.04. The van der Waals surface area contributed by atoms with Crippen molar-refractivity contribution in [3.63, 3.8) is 0 Å². The van der Waals surface area contributed by atoms with Crippen molar-refractivity contribution in [1.29, 1.82) is 0 Å². The van der Waals surface area contributed by atoms with E-state index < -0.39 is 5.97 Å². The van der Waals surface area contributed by atoms with Crippen molar-refractivity contribution >= 4 is 5.97 Å². The lowest BCUT2D eigenvalue weighted by Crippen LogP contribution is -2.00. The summed E-state index contributed by atoms with van der Waals surface area (Å²) in [5.41, 5.74) is 2.42. The zero-order valence-corrected chi connectivity index (χ0v) is 10.3. The third-order valence-corrected chi connectivity index (χ3v) is 2.73. The zero-order chi connectivity index (χ0) is 11.8. The van der Waals surface area contributed by atoms with Crippen LogP contribution in [0, 0.1) is 0 Å². The maximum absolute atomic E-state index is 10.7. The number of unbranched alkanes of at least 4 members (excludes halogenated alkanes) is 3. The second kappa shape index (κ2) is 7.27. The molecule has 0 fully saturated rings. The molecule has 0 aromatic rings. The Morgan fingerprint density at radius 2 is 1.73 bits per heavy atom. The first-order valence-corrected chi connectivity index (χ1v) is 5.58. The van der Waals surface area contributed by atoms with Crippen molar-refractivity contribution in [2.45, 2.75) is 53.4 Å². The Hall–Kier alpha value is -1.05. The van der Waals surface area contributed by atoms with Crippen molar-refractivity contribution in [2.24, 2.45) is 0 Å². The van der Waals surface area contributed by atoms with Gasteiger partial charge in [-0.25, -0.2) is 4.79 Å². The van der Waals surface area contributed by atoms with Gasteiger partial charge in [-0.3, -0.25) is 0 Å². The molecule has 0 rings (SSSR count). The fraction of sp³-hybridized carbons (Fsp3) is 0.615. The Balaban J connectivity index is 4.36. The minimum Gasteiger partial charge on any atom is -0.478 e. The summed E-state index contributed by atoms with van der Waals surface area (Å²) in [6, 6.07) is 0. The van der Waals surface area contributed by atoms with Crippen LogP contribution in [0.1, 0.15) is 53.4 Å². The molecule has 2 nitrogen and oxygen atoms in total. The number of rotatable bonds is 6. The summed E-state index contributed by atoms with van der Waals surface area (Å²) in [6.07, 6.45) is 6.83. The Bertz CT molecular complexity index is 272. The number of hydrogen-bond donors (Lipinski definition) is 1. The number of aliphatic carboxylic acids is 1. The molecule has 0 amide bonds. The van der Waals surface area contributed by atoms with E-state index in [9.17, 15) is 4.79 Å². The topological polar surface area (TPSA) is 37.3 Å². The Labute approximate surface area is 92.7 Å². The van der Waals surface area contributed by atoms with Crippen LogP contribution in [-0.4, -0.2) is 11.1 Å². The smallest absolute Gasteiger partial charge is 0.331 e. The van der Waals surface area contributed by atoms with E-state index in [1.54, 1.807) is 6.92 Å². The molecular weight excluding hydrogens is 188 g/mol. The minimum absolute atomic E-state index is 0.444. The van der Waals surface area contributed by atoms with Crippen LogP contribution in [0.3, 0.4) is 0 Å². The summed E-state index contributed by atoms with van der Waals surface area (Å²) in [4.78, 5) is 10.7. The van der Waals surface area contributed by atoms with Gasteiger partial charge in [0, 0.05) is 5.57 Å². The lowest BCUT2D eigenvalue weighted by atomic mass is 10.0. The second-order valence-corrected chi connectivity index (χ2v) is 3.94. The van der Waals surface area contributed by atoms with Gasteiger partial charge >= 0.3 is 5.97 Å². The van der Waals surface area contributed by atoms with Crippen molar-refractivity contribution in [1.82, 2.24) is 0 Å². The molecule has 15 heavy (non-hydrogen) atoms. The summed E-state index contributed by atoms with van der Waals surface area (Å²) in [7, 11) is 0. The van der Waals surface area contributed by atoms with Gasteiger partial charge in [0.05, 0.1) is 0 Å². The van der Waals surface area contributed by atoms with Gasteiger partial charge in [-0.15, -0.1) is 0 Å². The molecule has 0 atom stereocenters. The SMILES string of the molecule is CCCCC/C=C(C)/C(C)=C(\C)C(=O)O. The number of allylic oxidation sites excluding steroid dienone is 3. The second-order valence-electron chi connectivity index (χ2n) is 3.94. The molecule has 0 aliphatic rings. The highest BCUT2D eigenvalue weighted by molar-refractivity contribution is 5.87. The van der Waals surface area contributed by atoms with E-state index in [1.807, 2.05) is 13.8 Å². The van der Waals surface area contributed by atoms with Gasteiger partial charge in [0.1, 0.15) is 0 Å². The molecule has 0 bridgehead atoms. The molecule has 2 heteroatoms. The average Bonchev–Trinajstić information content (AvgIpc) is 2.21. The molecule has 0 aliphatic carbocycles. The minimum atomic E-state index is -0.825. The van der Waals surface area contributed by atoms with E-state index >= 15 is 0 Å². The summed E-state index contributed by atoms with van der Waals surface area (Å²) < 4.78 is 0. The largest absolute Gasteiger partial charge is 0.478 e. The third kappa shape index (κ3) is 5.40. The van der Waals surface area contributed by atoms with E-state index in [0.717, 1.165) is 17.6 Å². The first kappa shape index (κ1) is 13.9. The number of carboxylic acids is 1. The molecular formula is C13H22O2. The first-order chi connectivity index (χ1) is 7.00. The quantitative estimate of drug-likeness (QED) is 0.409. The predicted molar refractivity (Wildman–Crippen MR) is 63.9 cm³/mol. The predicted octanol–water partition coefficient (Wildman–Crippen LogP) is 3.93. The number of carboxylic acid groups (broad SMARTS) is 1. The third-order valence-electron chi connectivity index (χ3n) is 2.73. The van der Waals surface area contributed by atoms with Crippen LogP contribution in [0.5, 0.6) is 0 Å². The number of carbonyl (C=O) groups is 1. The first-order valence-electron chi connectivity index (χ1n) is 5.58. The van der Waals surface area contributed by atoms with Crippen molar-refractivity contribution < 1.29 is 9.90 Å². The van der Waals surface area contributed by atoms with Gasteiger partial charge in [-0.1, -0.05) is 31.4 Å². The monoisotopic (exact) mass is 210 g/mol. The molecule has 0 spiro atoms. The van der Waals surface area contributed by atoms with Crippen LogP contribution in [0.25, 0.3) is 0 Å². The van der Waals surface area contributed by atoms with Gasteiger partial charge < -0.3 is 5.11 Å². The molecule has 0 aromatic carbocycles. The van der Waals surface area contributed by atoms with Gasteiger partial charge in [0.2, 0.25) is 0 Å². The van der Waals surface area contributed by atoms with E-state index in [0.29, 0.717) is 5.57 Å². The van der Waals surface area contributed by atoms with E-state index in [4.69, 9.17) is 5.11 Å². The van der Waals surface area contributed by atoms with Crippen LogP contribution >= 0.6 is 0 Å². The van der Waals surface area contributed by atoms with Crippen molar-refractivity contribution in [2.75, 3.05) is 0 Å². The van der Waals surface area contributed by atoms with E-state index in [1.165, 1.54) is 19.3 Å². The van der Waals surface area contributed by atoms with Gasteiger partial charge in [0.15, 0.2) is 0 Å². The summed E-state index contributed by atoms with van der Waals surface area (Å²) in [5, 5.41) is 8.83. The fourth-order valence-corrected chi connectivity index (χ4v) is 1.32.